The Labute approximate surface area is 116 Å². The maximum atomic E-state index is 11.3. The van der Waals surface area contributed by atoms with E-state index in [1.165, 1.54) is 0 Å². The van der Waals surface area contributed by atoms with E-state index in [1.54, 1.807) is 13.1 Å². The standard InChI is InChI=1S/C13H16N6O/c1-9-12(20)15-13(18-16-9)17-14-8-10-4-6-11(7-5-10)19(2)3/h4-8H,1-3H3,(H2,15,17,18,20)/b14-8-. The molecule has 0 saturated heterocycles. The topological polar surface area (TPSA) is 86.3 Å². The highest BCUT2D eigenvalue weighted by molar-refractivity contribution is 5.80. The molecule has 7 heteroatoms. The van der Waals surface area contributed by atoms with Gasteiger partial charge in [-0.25, -0.2) is 5.43 Å². The molecule has 20 heavy (non-hydrogen) atoms. The minimum Gasteiger partial charge on any atom is -0.378 e. The van der Waals surface area contributed by atoms with Crippen LogP contribution in [-0.4, -0.2) is 35.5 Å². The van der Waals surface area contributed by atoms with Gasteiger partial charge in [0.05, 0.1) is 6.21 Å². The van der Waals surface area contributed by atoms with Crippen LogP contribution in [0.2, 0.25) is 0 Å². The molecule has 0 radical (unpaired) electrons. The van der Waals surface area contributed by atoms with E-state index in [1.807, 2.05) is 43.3 Å². The number of nitrogens with zero attached hydrogens (tertiary/aromatic N) is 4. The van der Waals surface area contributed by atoms with Crippen LogP contribution in [0.3, 0.4) is 0 Å². The molecule has 0 aliphatic heterocycles. The Kier molecular flexibility index (Phi) is 4.09. The second-order valence-electron chi connectivity index (χ2n) is 4.44. The van der Waals surface area contributed by atoms with E-state index in [-0.39, 0.29) is 11.5 Å². The molecule has 1 aromatic carbocycles. The zero-order valence-corrected chi connectivity index (χ0v) is 11.6. The van der Waals surface area contributed by atoms with Crippen LogP contribution < -0.4 is 15.9 Å². The summed E-state index contributed by atoms with van der Waals surface area (Å²) in [7, 11) is 3.97. The third kappa shape index (κ3) is 3.41. The molecule has 0 aliphatic rings. The molecular weight excluding hydrogens is 256 g/mol. The van der Waals surface area contributed by atoms with Crippen molar-refractivity contribution in [2.24, 2.45) is 5.10 Å². The summed E-state index contributed by atoms with van der Waals surface area (Å²) in [4.78, 5) is 15.9. The van der Waals surface area contributed by atoms with E-state index < -0.39 is 0 Å². The predicted octanol–water partition coefficient (Wildman–Crippen LogP) is 0.985. The highest BCUT2D eigenvalue weighted by Gasteiger charge is 1.98. The maximum absolute atomic E-state index is 11.3. The lowest BCUT2D eigenvalue weighted by atomic mass is 10.2. The Morgan fingerprint density at radius 2 is 1.95 bits per heavy atom. The average Bonchev–Trinajstić information content (AvgIpc) is 2.43. The highest BCUT2D eigenvalue weighted by atomic mass is 16.1. The summed E-state index contributed by atoms with van der Waals surface area (Å²) in [5, 5.41) is 11.5. The lowest BCUT2D eigenvalue weighted by molar-refractivity contribution is 0.897. The fraction of sp³-hybridized carbons (Fsp3) is 0.231. The van der Waals surface area contributed by atoms with Gasteiger partial charge in [-0.05, 0) is 24.6 Å². The molecule has 1 heterocycles. The van der Waals surface area contributed by atoms with Gasteiger partial charge in [0.25, 0.3) is 5.56 Å². The van der Waals surface area contributed by atoms with E-state index in [4.69, 9.17) is 0 Å². The Bertz CT molecular complexity index is 659. The normalized spacial score (nSPS) is 10.8. The van der Waals surface area contributed by atoms with Gasteiger partial charge < -0.3 is 4.90 Å². The number of aryl methyl sites for hydroxylation is 1. The van der Waals surface area contributed by atoms with Gasteiger partial charge in [0.2, 0.25) is 5.95 Å². The summed E-state index contributed by atoms with van der Waals surface area (Å²) < 4.78 is 0. The monoisotopic (exact) mass is 272 g/mol. The summed E-state index contributed by atoms with van der Waals surface area (Å²) >= 11 is 0. The molecule has 0 fully saturated rings. The highest BCUT2D eigenvalue weighted by Crippen LogP contribution is 2.10. The lowest BCUT2D eigenvalue weighted by Crippen LogP contribution is -2.15. The number of hydrogen-bond donors (Lipinski definition) is 2. The van der Waals surface area contributed by atoms with Gasteiger partial charge in [-0.1, -0.05) is 12.1 Å². The van der Waals surface area contributed by atoms with Gasteiger partial charge in [-0.3, -0.25) is 9.78 Å². The summed E-state index contributed by atoms with van der Waals surface area (Å²) in [6.45, 7) is 1.59. The minimum absolute atomic E-state index is 0.210. The predicted molar refractivity (Wildman–Crippen MR) is 79.4 cm³/mol. The first-order chi connectivity index (χ1) is 9.56. The fourth-order valence-electron chi connectivity index (χ4n) is 1.47. The molecule has 0 saturated carbocycles. The summed E-state index contributed by atoms with van der Waals surface area (Å²) in [5.74, 6) is 0.210. The second-order valence-corrected chi connectivity index (χ2v) is 4.44. The van der Waals surface area contributed by atoms with Gasteiger partial charge in [0.1, 0.15) is 5.69 Å². The Hall–Kier alpha value is -2.70. The smallest absolute Gasteiger partial charge is 0.274 e. The van der Waals surface area contributed by atoms with E-state index in [0.29, 0.717) is 5.69 Å². The average molecular weight is 272 g/mol. The number of benzene rings is 1. The molecule has 2 aromatic rings. The molecule has 0 amide bonds. The van der Waals surface area contributed by atoms with Crippen molar-refractivity contribution >= 4 is 17.9 Å². The number of nitrogens with one attached hydrogen (secondary N) is 2. The van der Waals surface area contributed by atoms with Crippen LogP contribution >= 0.6 is 0 Å². The molecule has 0 aliphatic carbocycles. The number of rotatable bonds is 4. The molecular formula is C13H16N6O. The van der Waals surface area contributed by atoms with Crippen LogP contribution in [0.15, 0.2) is 34.2 Å². The first-order valence-electron chi connectivity index (χ1n) is 6.06. The van der Waals surface area contributed by atoms with Crippen molar-refractivity contribution in [2.45, 2.75) is 6.92 Å². The van der Waals surface area contributed by atoms with Crippen molar-refractivity contribution in [3.05, 3.63) is 45.9 Å². The number of aromatic amines is 1. The Morgan fingerprint density at radius 3 is 2.55 bits per heavy atom. The van der Waals surface area contributed by atoms with Gasteiger partial charge in [-0.2, -0.15) is 5.10 Å². The number of anilines is 2. The first kappa shape index (κ1) is 13.7. The zero-order valence-electron chi connectivity index (χ0n) is 11.6. The van der Waals surface area contributed by atoms with Crippen LogP contribution in [-0.2, 0) is 0 Å². The zero-order chi connectivity index (χ0) is 14.5. The number of hydrogen-bond acceptors (Lipinski definition) is 6. The summed E-state index contributed by atoms with van der Waals surface area (Å²) in [6, 6.07) is 7.89. The van der Waals surface area contributed by atoms with Crippen LogP contribution in [0.1, 0.15) is 11.3 Å². The number of H-pyrrole nitrogens is 1. The van der Waals surface area contributed by atoms with Crippen LogP contribution in [0.25, 0.3) is 0 Å². The molecule has 104 valence electrons. The van der Waals surface area contributed by atoms with Gasteiger partial charge in [0.15, 0.2) is 0 Å². The third-order valence-electron chi connectivity index (χ3n) is 2.65. The van der Waals surface area contributed by atoms with Gasteiger partial charge >= 0.3 is 0 Å². The molecule has 0 atom stereocenters. The van der Waals surface area contributed by atoms with Crippen LogP contribution in [0.4, 0.5) is 11.6 Å². The third-order valence-corrected chi connectivity index (χ3v) is 2.65. The molecule has 2 N–H and O–H groups in total. The van der Waals surface area contributed by atoms with Crippen molar-refractivity contribution in [2.75, 3.05) is 24.4 Å². The molecule has 0 bridgehead atoms. The van der Waals surface area contributed by atoms with Gasteiger partial charge in [-0.15, -0.1) is 10.2 Å². The number of hydrazone groups is 1. The molecule has 2 rings (SSSR count). The molecule has 1 aromatic heterocycles. The second kappa shape index (κ2) is 5.96. The van der Waals surface area contributed by atoms with Crippen molar-refractivity contribution in [3.8, 4) is 0 Å². The maximum Gasteiger partial charge on any atom is 0.274 e. The van der Waals surface area contributed by atoms with Crippen LogP contribution in [0, 0.1) is 6.92 Å². The SMILES string of the molecule is Cc1nnc(N/N=C\c2ccc(N(C)C)cc2)[nH]c1=O. The molecule has 0 unspecified atom stereocenters. The quantitative estimate of drug-likeness (QED) is 0.640. The van der Waals surface area contributed by atoms with Crippen molar-refractivity contribution in [1.29, 1.82) is 0 Å². The summed E-state index contributed by atoms with van der Waals surface area (Å²) in [6.07, 6.45) is 1.64. The summed E-state index contributed by atoms with van der Waals surface area (Å²) in [5.41, 5.74) is 4.71. The van der Waals surface area contributed by atoms with Gasteiger partial charge in [0, 0.05) is 19.8 Å². The van der Waals surface area contributed by atoms with E-state index in [0.717, 1.165) is 11.3 Å². The molecule has 0 spiro atoms. The molecule has 7 nitrogen and oxygen atoms in total. The van der Waals surface area contributed by atoms with E-state index in [2.05, 4.69) is 25.7 Å². The minimum atomic E-state index is -0.284. The van der Waals surface area contributed by atoms with Crippen LogP contribution in [0.5, 0.6) is 0 Å². The van der Waals surface area contributed by atoms with Crippen molar-refractivity contribution in [3.63, 3.8) is 0 Å². The Morgan fingerprint density at radius 1 is 1.25 bits per heavy atom. The largest absolute Gasteiger partial charge is 0.378 e. The Balaban J connectivity index is 2.02. The fourth-order valence-corrected chi connectivity index (χ4v) is 1.47. The lowest BCUT2D eigenvalue weighted by Gasteiger charge is -2.11. The van der Waals surface area contributed by atoms with Crippen molar-refractivity contribution in [1.82, 2.24) is 15.2 Å². The number of aromatic nitrogens is 3. The van der Waals surface area contributed by atoms with Crippen molar-refractivity contribution < 1.29 is 0 Å². The van der Waals surface area contributed by atoms with E-state index >= 15 is 0 Å². The first-order valence-corrected chi connectivity index (χ1v) is 6.06. The van der Waals surface area contributed by atoms with E-state index in [9.17, 15) is 4.79 Å².